The van der Waals surface area contributed by atoms with Crippen molar-refractivity contribution < 1.29 is 10.2 Å². The zero-order valence-electron chi connectivity index (χ0n) is 19.5. The van der Waals surface area contributed by atoms with Crippen LogP contribution in [0.15, 0.2) is 23.3 Å². The molecule has 3 fully saturated rings. The molecular formula is C27H44O2. The van der Waals surface area contributed by atoms with Gasteiger partial charge in [0.05, 0.1) is 6.10 Å². The average Bonchev–Trinajstić information content (AvgIpc) is 3.02. The lowest BCUT2D eigenvalue weighted by Gasteiger charge is -2.56. The predicted molar refractivity (Wildman–Crippen MR) is 120 cm³/mol. The molecule has 2 heteroatoms. The lowest BCUT2D eigenvalue weighted by atomic mass is 9.49. The highest BCUT2D eigenvalue weighted by Crippen LogP contribution is 2.66. The van der Waals surface area contributed by atoms with Crippen molar-refractivity contribution >= 4 is 0 Å². The number of fused-ring (bicyclic) bond motifs is 5. The van der Waals surface area contributed by atoms with Crippen molar-refractivity contribution in [1.29, 1.82) is 0 Å². The fraction of sp³-hybridized carbons (Fsp3) is 0.852. The number of hydrogen-bond donors (Lipinski definition) is 2. The lowest BCUT2D eigenvalue weighted by Crippen LogP contribution is -2.50. The van der Waals surface area contributed by atoms with E-state index in [9.17, 15) is 10.2 Å². The normalized spacial score (nSPS) is 45.2. The molecule has 8 atom stereocenters. The standard InChI is InChI=1S/C27H44O2/c1-17(2)7-6-8-18(3)20-11-12-21-19-9-10-23-25(29)24(28)14-16-27(23,5)22(19)13-15-26(20,21)4/h9-10,17-18,20-22,24-25,28-29H,6-8,11-16H2,1-5H3/t18-,20-,21+,22+,24?,25-,26-,27-/m1/s1. The summed E-state index contributed by atoms with van der Waals surface area (Å²) in [7, 11) is 0. The van der Waals surface area contributed by atoms with Crippen LogP contribution in [-0.2, 0) is 0 Å². The largest absolute Gasteiger partial charge is 0.390 e. The van der Waals surface area contributed by atoms with Crippen LogP contribution in [-0.4, -0.2) is 22.4 Å². The van der Waals surface area contributed by atoms with E-state index in [2.05, 4.69) is 46.8 Å². The Balaban J connectivity index is 1.55. The lowest BCUT2D eigenvalue weighted by molar-refractivity contribution is -0.0283. The molecule has 0 spiro atoms. The first kappa shape index (κ1) is 21.6. The molecule has 2 nitrogen and oxygen atoms in total. The second-order valence-corrected chi connectivity index (χ2v) is 11.9. The molecule has 4 aliphatic carbocycles. The Morgan fingerprint density at radius 3 is 2.41 bits per heavy atom. The highest BCUT2D eigenvalue weighted by atomic mass is 16.3. The molecule has 0 amide bonds. The summed E-state index contributed by atoms with van der Waals surface area (Å²) >= 11 is 0. The second kappa shape index (κ2) is 7.83. The van der Waals surface area contributed by atoms with Crippen LogP contribution in [0.25, 0.3) is 0 Å². The van der Waals surface area contributed by atoms with E-state index in [1.165, 1.54) is 44.9 Å². The van der Waals surface area contributed by atoms with Crippen molar-refractivity contribution in [1.82, 2.24) is 0 Å². The molecule has 29 heavy (non-hydrogen) atoms. The van der Waals surface area contributed by atoms with Crippen molar-refractivity contribution in [3.63, 3.8) is 0 Å². The van der Waals surface area contributed by atoms with Gasteiger partial charge >= 0.3 is 0 Å². The minimum atomic E-state index is -0.669. The van der Waals surface area contributed by atoms with Gasteiger partial charge < -0.3 is 10.2 Å². The number of rotatable bonds is 5. The van der Waals surface area contributed by atoms with Gasteiger partial charge in [-0.1, -0.05) is 71.6 Å². The summed E-state index contributed by atoms with van der Waals surface area (Å²) in [6.07, 6.45) is 14.5. The fourth-order valence-corrected chi connectivity index (χ4v) is 8.08. The van der Waals surface area contributed by atoms with E-state index in [1.807, 2.05) is 0 Å². The average molecular weight is 401 g/mol. The van der Waals surface area contributed by atoms with E-state index in [1.54, 1.807) is 5.57 Å². The molecule has 2 N–H and O–H groups in total. The van der Waals surface area contributed by atoms with E-state index in [4.69, 9.17) is 0 Å². The van der Waals surface area contributed by atoms with Crippen LogP contribution in [0.1, 0.15) is 92.4 Å². The Hall–Kier alpha value is -0.600. The van der Waals surface area contributed by atoms with Gasteiger partial charge in [-0.05, 0) is 84.5 Å². The van der Waals surface area contributed by atoms with E-state index >= 15 is 0 Å². The molecule has 4 rings (SSSR count). The van der Waals surface area contributed by atoms with Gasteiger partial charge in [-0.25, -0.2) is 0 Å². The van der Waals surface area contributed by atoms with Crippen LogP contribution >= 0.6 is 0 Å². The van der Waals surface area contributed by atoms with E-state index in [-0.39, 0.29) is 5.41 Å². The molecular weight excluding hydrogens is 356 g/mol. The summed E-state index contributed by atoms with van der Waals surface area (Å²) in [6.45, 7) is 12.2. The Morgan fingerprint density at radius 1 is 0.931 bits per heavy atom. The van der Waals surface area contributed by atoms with Gasteiger partial charge in [0.1, 0.15) is 6.10 Å². The molecule has 4 aliphatic rings. The molecule has 0 radical (unpaired) electrons. The zero-order chi connectivity index (χ0) is 21.0. The van der Waals surface area contributed by atoms with E-state index < -0.39 is 12.2 Å². The van der Waals surface area contributed by atoms with Crippen molar-refractivity contribution in [3.8, 4) is 0 Å². The zero-order valence-corrected chi connectivity index (χ0v) is 19.5. The highest BCUT2D eigenvalue weighted by molar-refractivity contribution is 5.40. The molecule has 3 saturated carbocycles. The van der Waals surface area contributed by atoms with E-state index in [0.717, 1.165) is 42.1 Å². The van der Waals surface area contributed by atoms with Crippen LogP contribution < -0.4 is 0 Å². The van der Waals surface area contributed by atoms with Gasteiger partial charge in [0.15, 0.2) is 0 Å². The fourth-order valence-electron chi connectivity index (χ4n) is 8.08. The number of hydrogen-bond acceptors (Lipinski definition) is 2. The summed E-state index contributed by atoms with van der Waals surface area (Å²) in [5.41, 5.74) is 3.29. The first-order chi connectivity index (χ1) is 13.7. The van der Waals surface area contributed by atoms with Crippen LogP contribution in [0.4, 0.5) is 0 Å². The number of allylic oxidation sites excluding steroid dienone is 3. The maximum atomic E-state index is 10.7. The van der Waals surface area contributed by atoms with Gasteiger partial charge in [-0.3, -0.25) is 0 Å². The minimum absolute atomic E-state index is 0.0467. The maximum absolute atomic E-state index is 10.7. The van der Waals surface area contributed by atoms with Crippen molar-refractivity contribution in [2.45, 2.75) is 105 Å². The molecule has 0 aromatic rings. The van der Waals surface area contributed by atoms with Crippen LogP contribution in [0.5, 0.6) is 0 Å². The summed E-state index contributed by atoms with van der Waals surface area (Å²) < 4.78 is 0. The third-order valence-electron chi connectivity index (χ3n) is 9.84. The van der Waals surface area contributed by atoms with Crippen molar-refractivity contribution in [3.05, 3.63) is 23.3 Å². The SMILES string of the molecule is CC(C)CCC[C@@H](C)[C@H]1CC[C@H]2C3=CC=C4[C@@H](O)C(O)CC[C@]4(C)[C@H]3CC[C@]12C. The summed E-state index contributed by atoms with van der Waals surface area (Å²) in [5.74, 6) is 3.80. The highest BCUT2D eigenvalue weighted by Gasteiger charge is 2.57. The third-order valence-corrected chi connectivity index (χ3v) is 9.84. The van der Waals surface area contributed by atoms with Gasteiger partial charge in [0, 0.05) is 0 Å². The van der Waals surface area contributed by atoms with Gasteiger partial charge in [-0.15, -0.1) is 0 Å². The number of aliphatic hydroxyl groups excluding tert-OH is 2. The van der Waals surface area contributed by atoms with Crippen LogP contribution in [0, 0.1) is 40.4 Å². The topological polar surface area (TPSA) is 40.5 Å². The smallest absolute Gasteiger partial charge is 0.102 e. The molecule has 1 unspecified atom stereocenters. The van der Waals surface area contributed by atoms with E-state index in [0.29, 0.717) is 11.3 Å². The molecule has 164 valence electrons. The number of aliphatic hydroxyl groups is 2. The Kier molecular flexibility index (Phi) is 5.84. The van der Waals surface area contributed by atoms with Gasteiger partial charge in [0.2, 0.25) is 0 Å². The molecule has 0 saturated heterocycles. The van der Waals surface area contributed by atoms with Crippen LogP contribution in [0.2, 0.25) is 0 Å². The van der Waals surface area contributed by atoms with Crippen molar-refractivity contribution in [2.75, 3.05) is 0 Å². The van der Waals surface area contributed by atoms with Crippen molar-refractivity contribution in [2.24, 2.45) is 40.4 Å². The summed E-state index contributed by atoms with van der Waals surface area (Å²) in [5, 5.41) is 20.9. The Morgan fingerprint density at radius 2 is 1.69 bits per heavy atom. The molecule has 0 aliphatic heterocycles. The molecule has 0 heterocycles. The Labute approximate surface area is 178 Å². The maximum Gasteiger partial charge on any atom is 0.102 e. The molecule has 0 bridgehead atoms. The molecule has 0 aromatic carbocycles. The van der Waals surface area contributed by atoms with Gasteiger partial charge in [-0.2, -0.15) is 0 Å². The monoisotopic (exact) mass is 400 g/mol. The Bertz CT molecular complexity index is 676. The minimum Gasteiger partial charge on any atom is -0.390 e. The van der Waals surface area contributed by atoms with Crippen LogP contribution in [0.3, 0.4) is 0 Å². The summed E-state index contributed by atoms with van der Waals surface area (Å²) in [4.78, 5) is 0. The first-order valence-electron chi connectivity index (χ1n) is 12.5. The first-order valence-corrected chi connectivity index (χ1v) is 12.5. The third kappa shape index (κ3) is 3.47. The second-order valence-electron chi connectivity index (χ2n) is 11.9. The summed E-state index contributed by atoms with van der Waals surface area (Å²) in [6, 6.07) is 0. The predicted octanol–water partition coefficient (Wildman–Crippen LogP) is 6.28. The molecule has 0 aromatic heterocycles. The quantitative estimate of drug-likeness (QED) is 0.570. The van der Waals surface area contributed by atoms with Gasteiger partial charge in [0.25, 0.3) is 0 Å².